The zero-order valence-corrected chi connectivity index (χ0v) is 17.0. The summed E-state index contributed by atoms with van der Waals surface area (Å²) in [5, 5.41) is 0. The second kappa shape index (κ2) is 8.39. The molecule has 0 spiro atoms. The van der Waals surface area contributed by atoms with Gasteiger partial charge in [0.25, 0.3) is 0 Å². The number of esters is 1. The molecule has 3 rings (SSSR count). The second-order valence-electron chi connectivity index (χ2n) is 5.73. The Morgan fingerprint density at radius 3 is 2.41 bits per heavy atom. The number of carbonyl (C=O) groups is 1. The van der Waals surface area contributed by atoms with Gasteiger partial charge < -0.3 is 14.2 Å². The van der Waals surface area contributed by atoms with Gasteiger partial charge in [0.15, 0.2) is 0 Å². The summed E-state index contributed by atoms with van der Waals surface area (Å²) >= 11 is 3.31. The summed E-state index contributed by atoms with van der Waals surface area (Å²) in [7, 11) is -2.44. The van der Waals surface area contributed by atoms with Gasteiger partial charge in [-0.1, -0.05) is 15.9 Å². The van der Waals surface area contributed by atoms with E-state index in [9.17, 15) is 13.2 Å². The third-order valence-corrected chi connectivity index (χ3v) is 6.46. The van der Waals surface area contributed by atoms with Crippen molar-refractivity contribution in [2.45, 2.75) is 4.90 Å². The number of sulfonamides is 1. The van der Waals surface area contributed by atoms with E-state index < -0.39 is 16.0 Å². The van der Waals surface area contributed by atoms with Gasteiger partial charge in [0.1, 0.15) is 16.4 Å². The van der Waals surface area contributed by atoms with Crippen LogP contribution in [0.4, 0.5) is 0 Å². The largest absolute Gasteiger partial charge is 0.495 e. The van der Waals surface area contributed by atoms with Gasteiger partial charge in [-0.05, 0) is 42.5 Å². The monoisotopic (exact) mass is 455 g/mol. The van der Waals surface area contributed by atoms with Crippen LogP contribution in [0.2, 0.25) is 0 Å². The normalized spacial score (nSPS) is 15.3. The summed E-state index contributed by atoms with van der Waals surface area (Å²) in [5.41, 5.74) is 0.116. The van der Waals surface area contributed by atoms with Crippen molar-refractivity contribution in [3.63, 3.8) is 0 Å². The fourth-order valence-corrected chi connectivity index (χ4v) is 4.45. The zero-order chi connectivity index (χ0) is 19.4. The van der Waals surface area contributed by atoms with E-state index in [1.54, 1.807) is 24.3 Å². The Labute approximate surface area is 166 Å². The number of morpholine rings is 1. The summed E-state index contributed by atoms with van der Waals surface area (Å²) < 4.78 is 43.8. The lowest BCUT2D eigenvalue weighted by molar-refractivity contribution is 0.0726. The van der Waals surface area contributed by atoms with Crippen molar-refractivity contribution in [2.75, 3.05) is 33.4 Å². The summed E-state index contributed by atoms with van der Waals surface area (Å²) in [6, 6.07) is 11.0. The van der Waals surface area contributed by atoms with Crippen LogP contribution in [0.5, 0.6) is 11.5 Å². The van der Waals surface area contributed by atoms with E-state index >= 15 is 0 Å². The van der Waals surface area contributed by atoms with Crippen LogP contribution in [-0.4, -0.2) is 52.1 Å². The van der Waals surface area contributed by atoms with Gasteiger partial charge in [-0.15, -0.1) is 0 Å². The molecule has 0 saturated carbocycles. The number of nitrogens with zero attached hydrogens (tertiary/aromatic N) is 1. The van der Waals surface area contributed by atoms with Crippen molar-refractivity contribution < 1.29 is 27.4 Å². The van der Waals surface area contributed by atoms with Gasteiger partial charge in [0.05, 0.1) is 25.9 Å². The molecule has 1 saturated heterocycles. The highest BCUT2D eigenvalue weighted by Crippen LogP contribution is 2.29. The van der Waals surface area contributed by atoms with Crippen LogP contribution >= 0.6 is 15.9 Å². The number of ether oxygens (including phenoxy) is 3. The van der Waals surface area contributed by atoms with Crippen molar-refractivity contribution >= 4 is 31.9 Å². The molecule has 0 amide bonds. The van der Waals surface area contributed by atoms with E-state index in [4.69, 9.17) is 14.2 Å². The summed E-state index contributed by atoms with van der Waals surface area (Å²) in [5.74, 6) is -0.128. The maximum absolute atomic E-state index is 13.0. The molecule has 1 fully saturated rings. The molecule has 0 aliphatic carbocycles. The number of rotatable bonds is 5. The molecule has 1 aliphatic heterocycles. The SMILES string of the molecule is COc1ccc(C(=O)Oc2ccc(Br)cc2)cc1S(=O)(=O)N1CCOCC1. The molecule has 27 heavy (non-hydrogen) atoms. The van der Waals surface area contributed by atoms with Crippen LogP contribution in [-0.2, 0) is 14.8 Å². The molecule has 0 radical (unpaired) electrons. The molecular formula is C18H18BrNO6S. The van der Waals surface area contributed by atoms with Gasteiger partial charge in [-0.25, -0.2) is 13.2 Å². The minimum atomic E-state index is -3.82. The molecule has 9 heteroatoms. The van der Waals surface area contributed by atoms with E-state index in [0.717, 1.165) is 4.47 Å². The lowest BCUT2D eigenvalue weighted by Gasteiger charge is -2.26. The molecule has 2 aromatic carbocycles. The van der Waals surface area contributed by atoms with E-state index in [-0.39, 0.29) is 29.3 Å². The van der Waals surface area contributed by atoms with Crippen molar-refractivity contribution in [3.05, 3.63) is 52.5 Å². The Balaban J connectivity index is 1.90. The molecule has 0 aromatic heterocycles. The lowest BCUT2D eigenvalue weighted by atomic mass is 10.2. The van der Waals surface area contributed by atoms with Gasteiger partial charge >= 0.3 is 5.97 Å². The first-order chi connectivity index (χ1) is 12.9. The van der Waals surface area contributed by atoms with E-state index in [1.807, 2.05) is 0 Å². The van der Waals surface area contributed by atoms with Crippen LogP contribution < -0.4 is 9.47 Å². The van der Waals surface area contributed by atoms with E-state index in [2.05, 4.69) is 15.9 Å². The topological polar surface area (TPSA) is 82.1 Å². The predicted octanol–water partition coefficient (Wildman–Crippen LogP) is 2.70. The lowest BCUT2D eigenvalue weighted by Crippen LogP contribution is -2.40. The Morgan fingerprint density at radius 1 is 1.11 bits per heavy atom. The highest BCUT2D eigenvalue weighted by atomic mass is 79.9. The minimum Gasteiger partial charge on any atom is -0.495 e. The van der Waals surface area contributed by atoms with E-state index in [0.29, 0.717) is 19.0 Å². The molecule has 144 valence electrons. The van der Waals surface area contributed by atoms with Gasteiger partial charge in [0.2, 0.25) is 10.0 Å². The third kappa shape index (κ3) is 4.49. The van der Waals surface area contributed by atoms with Crippen LogP contribution in [0.1, 0.15) is 10.4 Å². The molecule has 2 aromatic rings. The molecular weight excluding hydrogens is 438 g/mol. The number of hydrogen-bond acceptors (Lipinski definition) is 6. The zero-order valence-electron chi connectivity index (χ0n) is 14.6. The van der Waals surface area contributed by atoms with Crippen LogP contribution in [0.3, 0.4) is 0 Å². The number of hydrogen-bond donors (Lipinski definition) is 0. The Kier molecular flexibility index (Phi) is 6.15. The molecule has 0 N–H and O–H groups in total. The standard InChI is InChI=1S/C18H18BrNO6S/c1-24-16-7-2-13(18(21)26-15-5-3-14(19)4-6-15)12-17(16)27(22,23)20-8-10-25-11-9-20/h2-7,12H,8-11H2,1H3. The smallest absolute Gasteiger partial charge is 0.343 e. The molecule has 1 aliphatic rings. The average molecular weight is 456 g/mol. The molecule has 7 nitrogen and oxygen atoms in total. The maximum Gasteiger partial charge on any atom is 0.343 e. The molecule has 0 unspecified atom stereocenters. The molecule has 0 atom stereocenters. The minimum absolute atomic E-state index is 0.0721. The van der Waals surface area contributed by atoms with Crippen LogP contribution in [0, 0.1) is 0 Å². The number of halogens is 1. The Morgan fingerprint density at radius 2 is 1.78 bits per heavy atom. The fourth-order valence-electron chi connectivity index (χ4n) is 2.60. The Hall–Kier alpha value is -1.94. The first kappa shape index (κ1) is 19.8. The number of methoxy groups -OCH3 is 1. The van der Waals surface area contributed by atoms with Gasteiger partial charge in [-0.2, -0.15) is 4.31 Å². The van der Waals surface area contributed by atoms with Crippen molar-refractivity contribution in [1.82, 2.24) is 4.31 Å². The molecule has 0 bridgehead atoms. The van der Waals surface area contributed by atoms with Crippen LogP contribution in [0.25, 0.3) is 0 Å². The maximum atomic E-state index is 13.0. The predicted molar refractivity (Wildman–Crippen MR) is 102 cm³/mol. The summed E-state index contributed by atoms with van der Waals surface area (Å²) in [6.45, 7) is 1.15. The van der Waals surface area contributed by atoms with Gasteiger partial charge in [0, 0.05) is 17.6 Å². The van der Waals surface area contributed by atoms with Crippen molar-refractivity contribution in [1.29, 1.82) is 0 Å². The summed E-state index contributed by atoms with van der Waals surface area (Å²) in [4.78, 5) is 12.4. The Bertz CT molecular complexity index is 923. The number of carbonyl (C=O) groups excluding carboxylic acids is 1. The third-order valence-electron chi connectivity index (χ3n) is 4.01. The van der Waals surface area contributed by atoms with Crippen molar-refractivity contribution in [2.24, 2.45) is 0 Å². The van der Waals surface area contributed by atoms with Crippen molar-refractivity contribution in [3.8, 4) is 11.5 Å². The highest BCUT2D eigenvalue weighted by Gasteiger charge is 2.30. The first-order valence-corrected chi connectivity index (χ1v) is 10.4. The van der Waals surface area contributed by atoms with Crippen LogP contribution in [0.15, 0.2) is 51.8 Å². The van der Waals surface area contributed by atoms with Gasteiger partial charge in [-0.3, -0.25) is 0 Å². The highest BCUT2D eigenvalue weighted by molar-refractivity contribution is 9.10. The molecule has 1 heterocycles. The quantitative estimate of drug-likeness (QED) is 0.509. The second-order valence-corrected chi connectivity index (χ2v) is 8.55. The number of benzene rings is 2. The average Bonchev–Trinajstić information content (AvgIpc) is 2.69. The first-order valence-electron chi connectivity index (χ1n) is 8.15. The fraction of sp³-hybridized carbons (Fsp3) is 0.278. The van der Waals surface area contributed by atoms with E-state index in [1.165, 1.54) is 29.6 Å². The summed E-state index contributed by atoms with van der Waals surface area (Å²) in [6.07, 6.45) is 0.